The molecule has 2 aromatic rings. The molecule has 8 nitrogen and oxygen atoms in total. The molecule has 158 valence electrons. The molecule has 5 rings (SSSR count). The molecule has 30 heavy (non-hydrogen) atoms. The van der Waals surface area contributed by atoms with Crippen molar-refractivity contribution < 1.29 is 24.2 Å². The largest absolute Gasteiger partial charge is 0.495 e. The molecule has 2 bridgehead atoms. The van der Waals surface area contributed by atoms with Gasteiger partial charge in [0.25, 0.3) is 0 Å². The highest BCUT2D eigenvalue weighted by atomic mass is 16.6. The number of hydrogen-bond acceptors (Lipinski definition) is 6. The van der Waals surface area contributed by atoms with Crippen LogP contribution in [0.5, 0.6) is 5.75 Å². The first kappa shape index (κ1) is 20.2. The van der Waals surface area contributed by atoms with Crippen molar-refractivity contribution in [2.45, 2.75) is 25.5 Å². The topological polar surface area (TPSA) is 92.2 Å². The first-order chi connectivity index (χ1) is 14.5. The molecule has 1 aromatic heterocycles. The van der Waals surface area contributed by atoms with Crippen molar-refractivity contribution in [2.75, 3.05) is 31.6 Å². The van der Waals surface area contributed by atoms with Crippen LogP contribution in [-0.2, 0) is 11.3 Å². The molecule has 3 aliphatic rings. The Bertz CT molecular complexity index is 909. The van der Waals surface area contributed by atoms with Crippen LogP contribution in [0.2, 0.25) is 0 Å². The van der Waals surface area contributed by atoms with Gasteiger partial charge < -0.3 is 14.6 Å². The van der Waals surface area contributed by atoms with E-state index in [1.807, 2.05) is 0 Å². The van der Waals surface area contributed by atoms with Gasteiger partial charge in [0.05, 0.1) is 37.3 Å². The zero-order chi connectivity index (χ0) is 21.1. The van der Waals surface area contributed by atoms with Gasteiger partial charge in [-0.3, -0.25) is 14.8 Å². The summed E-state index contributed by atoms with van der Waals surface area (Å²) in [4.78, 5) is 32.3. The van der Waals surface area contributed by atoms with Crippen molar-refractivity contribution in [3.63, 3.8) is 0 Å². The summed E-state index contributed by atoms with van der Waals surface area (Å²) >= 11 is 0. The van der Waals surface area contributed by atoms with Gasteiger partial charge in [-0.05, 0) is 49.5 Å². The molecule has 0 aliphatic carbocycles. The third-order valence-electron chi connectivity index (χ3n) is 5.86. The Morgan fingerprint density at radius 3 is 2.53 bits per heavy atom. The Kier molecular flexibility index (Phi) is 5.85. The predicted octanol–water partition coefficient (Wildman–Crippen LogP) is 3.03. The van der Waals surface area contributed by atoms with E-state index in [0.717, 1.165) is 38.0 Å². The van der Waals surface area contributed by atoms with Crippen molar-refractivity contribution in [1.29, 1.82) is 0 Å². The van der Waals surface area contributed by atoms with E-state index in [2.05, 4.69) is 9.88 Å². The maximum atomic E-state index is 13.2. The summed E-state index contributed by atoms with van der Waals surface area (Å²) in [7, 11) is 1.54. The van der Waals surface area contributed by atoms with Crippen LogP contribution in [0.25, 0.3) is 0 Å². The number of methoxy groups -OCH3 is 1. The molecule has 1 amide bonds. The summed E-state index contributed by atoms with van der Waals surface area (Å²) in [5.41, 5.74) is 1.54. The monoisotopic (exact) mass is 411 g/mol. The second kappa shape index (κ2) is 8.71. The minimum absolute atomic E-state index is 0.115. The van der Waals surface area contributed by atoms with Gasteiger partial charge >= 0.3 is 12.1 Å². The number of rotatable bonds is 6. The molecule has 0 spiro atoms. The molecule has 0 radical (unpaired) electrons. The number of piperidine rings is 3. The van der Waals surface area contributed by atoms with Crippen LogP contribution in [0.1, 0.15) is 28.8 Å². The third kappa shape index (κ3) is 4.38. The maximum absolute atomic E-state index is 13.2. The number of carbonyl (C=O) groups excluding carboxylic acids is 1. The number of carboxylic acid groups (broad SMARTS) is 1. The lowest BCUT2D eigenvalue weighted by Crippen LogP contribution is -2.53. The van der Waals surface area contributed by atoms with Crippen LogP contribution in [-0.4, -0.2) is 59.9 Å². The van der Waals surface area contributed by atoms with Gasteiger partial charge in [-0.1, -0.05) is 12.1 Å². The number of amides is 1. The third-order valence-corrected chi connectivity index (χ3v) is 5.86. The molecular formula is C22H25N3O5. The summed E-state index contributed by atoms with van der Waals surface area (Å²) in [5, 5.41) is 9.10. The molecule has 1 N–H and O–H groups in total. The number of hydrogen-bond donors (Lipinski definition) is 1. The highest BCUT2D eigenvalue weighted by molar-refractivity contribution is 5.88. The molecule has 3 fully saturated rings. The molecule has 0 saturated carbocycles. The van der Waals surface area contributed by atoms with Crippen molar-refractivity contribution in [2.24, 2.45) is 5.92 Å². The second-order valence-corrected chi connectivity index (χ2v) is 7.73. The zero-order valence-electron chi connectivity index (χ0n) is 16.9. The fraction of sp³-hybridized carbons (Fsp3) is 0.409. The van der Waals surface area contributed by atoms with Crippen molar-refractivity contribution in [3.05, 3.63) is 53.9 Å². The average Bonchev–Trinajstić information content (AvgIpc) is 2.78. The Labute approximate surface area is 175 Å². The first-order valence-electron chi connectivity index (χ1n) is 10.1. The van der Waals surface area contributed by atoms with Gasteiger partial charge in [0.15, 0.2) is 0 Å². The maximum Gasteiger partial charge on any atom is 0.414 e. The van der Waals surface area contributed by atoms with Gasteiger partial charge in [-0.2, -0.15) is 0 Å². The summed E-state index contributed by atoms with van der Waals surface area (Å²) in [6, 6.07) is 8.18. The Morgan fingerprint density at radius 1 is 1.20 bits per heavy atom. The van der Waals surface area contributed by atoms with E-state index < -0.39 is 12.1 Å². The minimum atomic E-state index is -0.989. The number of aromatic nitrogens is 1. The zero-order valence-corrected chi connectivity index (χ0v) is 16.9. The van der Waals surface area contributed by atoms with E-state index in [0.29, 0.717) is 17.4 Å². The molecule has 0 unspecified atom stereocenters. The number of ether oxygens (including phenoxy) is 2. The standard InChI is InChI=1S/C22H25N3O5/c1-29-19-10-18(11-23-12-19)25(13-15-2-4-17(5-3-15)21(26)27)22(28)30-20-14-24-8-6-16(20)7-9-24/h2-5,10-12,16,20H,6-9,13-14H2,1H3,(H,26,27)/t20-/m0/s1. The van der Waals surface area contributed by atoms with E-state index in [1.54, 1.807) is 37.7 Å². The number of pyridine rings is 1. The van der Waals surface area contributed by atoms with Gasteiger partial charge in [0, 0.05) is 12.6 Å². The SMILES string of the molecule is COc1cncc(N(Cc2ccc(C(=O)O)cc2)C(=O)O[C@H]2CN3CCC2CC3)c1. The van der Waals surface area contributed by atoms with Crippen LogP contribution in [0.4, 0.5) is 10.5 Å². The van der Waals surface area contributed by atoms with E-state index in [-0.39, 0.29) is 18.2 Å². The highest BCUT2D eigenvalue weighted by Gasteiger charge is 2.37. The highest BCUT2D eigenvalue weighted by Crippen LogP contribution is 2.31. The number of anilines is 1. The minimum Gasteiger partial charge on any atom is -0.495 e. The summed E-state index contributed by atoms with van der Waals surface area (Å²) in [6.45, 7) is 3.14. The van der Waals surface area contributed by atoms with Crippen LogP contribution >= 0.6 is 0 Å². The van der Waals surface area contributed by atoms with Crippen molar-refractivity contribution >= 4 is 17.7 Å². The number of fused-ring (bicyclic) bond motifs is 3. The second-order valence-electron chi connectivity index (χ2n) is 7.73. The van der Waals surface area contributed by atoms with Crippen molar-refractivity contribution in [3.8, 4) is 5.75 Å². The van der Waals surface area contributed by atoms with Crippen LogP contribution in [0, 0.1) is 5.92 Å². The van der Waals surface area contributed by atoms with E-state index in [4.69, 9.17) is 14.6 Å². The van der Waals surface area contributed by atoms with Crippen molar-refractivity contribution in [1.82, 2.24) is 9.88 Å². The normalized spacial score (nSPS) is 22.4. The predicted molar refractivity (Wildman–Crippen MR) is 110 cm³/mol. The van der Waals surface area contributed by atoms with E-state index >= 15 is 0 Å². The van der Waals surface area contributed by atoms with Gasteiger partial charge in [-0.15, -0.1) is 0 Å². The van der Waals surface area contributed by atoms with Crippen LogP contribution in [0.3, 0.4) is 0 Å². The van der Waals surface area contributed by atoms with Gasteiger partial charge in [0.2, 0.25) is 0 Å². The lowest BCUT2D eigenvalue weighted by molar-refractivity contribution is -0.0311. The number of nitrogens with zero attached hydrogens (tertiary/aromatic N) is 3. The Hall–Kier alpha value is -3.13. The molecule has 8 heteroatoms. The Balaban J connectivity index is 1.56. The molecule has 1 aromatic carbocycles. The molecule has 1 atom stereocenters. The average molecular weight is 411 g/mol. The first-order valence-corrected chi connectivity index (χ1v) is 10.1. The molecular weight excluding hydrogens is 386 g/mol. The van der Waals surface area contributed by atoms with E-state index in [1.165, 1.54) is 17.0 Å². The number of aromatic carboxylic acids is 1. The number of benzene rings is 1. The summed E-state index contributed by atoms with van der Waals surface area (Å²) in [5.74, 6) is -0.0504. The number of carbonyl (C=O) groups is 2. The lowest BCUT2D eigenvalue weighted by Gasteiger charge is -2.44. The summed E-state index contributed by atoms with van der Waals surface area (Å²) < 4.78 is 11.2. The fourth-order valence-corrected chi connectivity index (χ4v) is 4.10. The molecule has 3 saturated heterocycles. The quantitative estimate of drug-likeness (QED) is 0.781. The number of carboxylic acids is 1. The smallest absolute Gasteiger partial charge is 0.414 e. The molecule has 4 heterocycles. The van der Waals surface area contributed by atoms with Gasteiger partial charge in [-0.25, -0.2) is 9.59 Å². The van der Waals surface area contributed by atoms with Crippen LogP contribution in [0.15, 0.2) is 42.7 Å². The lowest BCUT2D eigenvalue weighted by atomic mass is 9.86. The molecule has 3 aliphatic heterocycles. The fourth-order valence-electron chi connectivity index (χ4n) is 4.10. The summed E-state index contributed by atoms with van der Waals surface area (Å²) in [6.07, 6.45) is 4.71. The van der Waals surface area contributed by atoms with Gasteiger partial charge in [0.1, 0.15) is 11.9 Å². The Morgan fingerprint density at radius 2 is 1.93 bits per heavy atom. The van der Waals surface area contributed by atoms with Crippen LogP contribution < -0.4 is 9.64 Å². The van der Waals surface area contributed by atoms with E-state index in [9.17, 15) is 9.59 Å².